The van der Waals surface area contributed by atoms with Crippen molar-refractivity contribution in [1.82, 2.24) is 0 Å². The number of hydrogen-bond acceptors (Lipinski definition) is 4. The van der Waals surface area contributed by atoms with Gasteiger partial charge in [0, 0.05) is 13.5 Å². The average molecular weight is 186 g/mol. The fourth-order valence-corrected chi connectivity index (χ4v) is 1.10. The second kappa shape index (κ2) is 4.99. The van der Waals surface area contributed by atoms with Crippen molar-refractivity contribution < 1.29 is 19.0 Å². The van der Waals surface area contributed by atoms with E-state index in [1.54, 1.807) is 13.0 Å². The maximum atomic E-state index is 11.2. The van der Waals surface area contributed by atoms with E-state index in [0.717, 1.165) is 0 Å². The first-order chi connectivity index (χ1) is 6.27. The van der Waals surface area contributed by atoms with Crippen LogP contribution in [-0.2, 0) is 19.0 Å². The molecule has 1 aliphatic rings. The van der Waals surface area contributed by atoms with Crippen molar-refractivity contribution in [2.24, 2.45) is 0 Å². The molecule has 4 heteroatoms. The van der Waals surface area contributed by atoms with Gasteiger partial charge in [-0.2, -0.15) is 0 Å². The molecule has 0 N–H and O–H groups in total. The van der Waals surface area contributed by atoms with Gasteiger partial charge in [0.1, 0.15) is 0 Å². The Labute approximate surface area is 77.5 Å². The highest BCUT2D eigenvalue weighted by Crippen LogP contribution is 2.13. The van der Waals surface area contributed by atoms with Crippen LogP contribution in [0.15, 0.2) is 12.2 Å². The molecule has 0 spiro atoms. The second-order valence-corrected chi connectivity index (χ2v) is 2.64. The molecule has 2 atom stereocenters. The number of carbonyl (C=O) groups excluding carboxylic acids is 1. The second-order valence-electron chi connectivity index (χ2n) is 2.64. The van der Waals surface area contributed by atoms with E-state index < -0.39 is 12.4 Å². The number of methoxy groups -OCH3 is 1. The van der Waals surface area contributed by atoms with Gasteiger partial charge in [0.05, 0.1) is 6.61 Å². The van der Waals surface area contributed by atoms with E-state index in [0.29, 0.717) is 13.0 Å². The Morgan fingerprint density at radius 1 is 1.69 bits per heavy atom. The molecule has 0 aromatic carbocycles. The first kappa shape index (κ1) is 10.2. The SMILES string of the molecule is CCOC(=O)C1CC=CC(OC)O1. The monoisotopic (exact) mass is 186 g/mol. The molecule has 0 aromatic rings. The summed E-state index contributed by atoms with van der Waals surface area (Å²) >= 11 is 0. The lowest BCUT2D eigenvalue weighted by molar-refractivity contribution is -0.177. The Morgan fingerprint density at radius 2 is 2.46 bits per heavy atom. The molecule has 1 aliphatic heterocycles. The van der Waals surface area contributed by atoms with Crippen molar-refractivity contribution in [2.75, 3.05) is 13.7 Å². The fourth-order valence-electron chi connectivity index (χ4n) is 1.10. The van der Waals surface area contributed by atoms with Gasteiger partial charge >= 0.3 is 5.97 Å². The van der Waals surface area contributed by atoms with Crippen molar-refractivity contribution >= 4 is 5.97 Å². The minimum atomic E-state index is -0.519. The quantitative estimate of drug-likeness (QED) is 0.484. The van der Waals surface area contributed by atoms with E-state index in [2.05, 4.69) is 0 Å². The standard InChI is InChI=1S/C9H14O4/c1-3-12-9(10)7-5-4-6-8(11-2)13-7/h4,6-8H,3,5H2,1-2H3. The summed E-state index contributed by atoms with van der Waals surface area (Å²) < 4.78 is 15.0. The van der Waals surface area contributed by atoms with Crippen LogP contribution in [0, 0.1) is 0 Å². The highest BCUT2D eigenvalue weighted by Gasteiger charge is 2.25. The predicted molar refractivity (Wildman–Crippen MR) is 46.1 cm³/mol. The number of ether oxygens (including phenoxy) is 3. The van der Waals surface area contributed by atoms with Gasteiger partial charge in [-0.15, -0.1) is 0 Å². The van der Waals surface area contributed by atoms with Gasteiger partial charge in [0.15, 0.2) is 12.4 Å². The first-order valence-electron chi connectivity index (χ1n) is 4.29. The van der Waals surface area contributed by atoms with E-state index in [-0.39, 0.29) is 5.97 Å². The van der Waals surface area contributed by atoms with Gasteiger partial charge in [-0.25, -0.2) is 4.79 Å². The molecule has 0 amide bonds. The van der Waals surface area contributed by atoms with E-state index in [4.69, 9.17) is 14.2 Å². The van der Waals surface area contributed by atoms with Gasteiger partial charge in [-0.05, 0) is 13.0 Å². The third kappa shape index (κ3) is 2.82. The minimum absolute atomic E-state index is 0.325. The van der Waals surface area contributed by atoms with Crippen molar-refractivity contribution in [1.29, 1.82) is 0 Å². The average Bonchev–Trinajstić information content (AvgIpc) is 2.18. The molecular formula is C9H14O4. The topological polar surface area (TPSA) is 44.8 Å². The molecule has 0 bridgehead atoms. The molecule has 0 aliphatic carbocycles. The van der Waals surface area contributed by atoms with E-state index >= 15 is 0 Å². The van der Waals surface area contributed by atoms with Crippen LogP contribution in [0.1, 0.15) is 13.3 Å². The molecule has 0 saturated heterocycles. The minimum Gasteiger partial charge on any atom is -0.464 e. The zero-order valence-electron chi connectivity index (χ0n) is 7.86. The van der Waals surface area contributed by atoms with Gasteiger partial charge in [-0.3, -0.25) is 0 Å². The molecule has 1 rings (SSSR count). The molecule has 74 valence electrons. The smallest absolute Gasteiger partial charge is 0.335 e. The fraction of sp³-hybridized carbons (Fsp3) is 0.667. The van der Waals surface area contributed by atoms with Crippen LogP contribution in [-0.4, -0.2) is 32.1 Å². The predicted octanol–water partition coefficient (Wildman–Crippen LogP) is 0.867. The lowest BCUT2D eigenvalue weighted by atomic mass is 10.2. The summed E-state index contributed by atoms with van der Waals surface area (Å²) in [5.41, 5.74) is 0. The molecule has 0 fully saturated rings. The summed E-state index contributed by atoms with van der Waals surface area (Å²) in [5, 5.41) is 0. The lowest BCUT2D eigenvalue weighted by Gasteiger charge is -2.23. The van der Waals surface area contributed by atoms with Crippen LogP contribution < -0.4 is 0 Å². The molecule has 13 heavy (non-hydrogen) atoms. The summed E-state index contributed by atoms with van der Waals surface area (Å²) in [6, 6.07) is 0. The Hall–Kier alpha value is -0.870. The van der Waals surface area contributed by atoms with Crippen LogP contribution >= 0.6 is 0 Å². The highest BCUT2D eigenvalue weighted by atomic mass is 16.7. The Morgan fingerprint density at radius 3 is 3.08 bits per heavy atom. The highest BCUT2D eigenvalue weighted by molar-refractivity contribution is 5.75. The van der Waals surface area contributed by atoms with E-state index in [9.17, 15) is 4.79 Å². The third-order valence-electron chi connectivity index (χ3n) is 1.72. The van der Waals surface area contributed by atoms with Crippen molar-refractivity contribution in [3.05, 3.63) is 12.2 Å². The maximum Gasteiger partial charge on any atom is 0.335 e. The Kier molecular flexibility index (Phi) is 3.92. The number of hydrogen-bond donors (Lipinski definition) is 0. The summed E-state index contributed by atoms with van der Waals surface area (Å²) in [4.78, 5) is 11.2. The Balaban J connectivity index is 2.44. The summed E-state index contributed by atoms with van der Waals surface area (Å²) in [6.45, 7) is 2.14. The van der Waals surface area contributed by atoms with Crippen molar-refractivity contribution in [3.63, 3.8) is 0 Å². The van der Waals surface area contributed by atoms with E-state index in [1.165, 1.54) is 7.11 Å². The lowest BCUT2D eigenvalue weighted by Crippen LogP contribution is -2.33. The number of esters is 1. The Bertz CT molecular complexity index is 200. The largest absolute Gasteiger partial charge is 0.464 e. The molecule has 1 heterocycles. The van der Waals surface area contributed by atoms with Crippen molar-refractivity contribution in [2.45, 2.75) is 25.7 Å². The zero-order valence-corrected chi connectivity index (χ0v) is 7.86. The van der Waals surface area contributed by atoms with Gasteiger partial charge < -0.3 is 14.2 Å². The van der Waals surface area contributed by atoms with Crippen LogP contribution in [0.25, 0.3) is 0 Å². The van der Waals surface area contributed by atoms with Crippen LogP contribution in [0.5, 0.6) is 0 Å². The molecule has 0 radical (unpaired) electrons. The van der Waals surface area contributed by atoms with Crippen LogP contribution in [0.3, 0.4) is 0 Å². The molecule has 0 saturated carbocycles. The van der Waals surface area contributed by atoms with E-state index in [1.807, 2.05) is 6.08 Å². The number of carbonyl (C=O) groups is 1. The zero-order chi connectivity index (χ0) is 9.68. The van der Waals surface area contributed by atoms with Crippen LogP contribution in [0.4, 0.5) is 0 Å². The van der Waals surface area contributed by atoms with Gasteiger partial charge in [0.25, 0.3) is 0 Å². The molecule has 0 aromatic heterocycles. The summed E-state index contributed by atoms with van der Waals surface area (Å²) in [6.07, 6.45) is 3.24. The van der Waals surface area contributed by atoms with Crippen molar-refractivity contribution in [3.8, 4) is 0 Å². The molecule has 2 unspecified atom stereocenters. The van der Waals surface area contributed by atoms with Gasteiger partial charge in [-0.1, -0.05) is 6.08 Å². The van der Waals surface area contributed by atoms with Crippen LogP contribution in [0.2, 0.25) is 0 Å². The normalized spacial score (nSPS) is 27.2. The molecular weight excluding hydrogens is 172 g/mol. The summed E-state index contributed by atoms with van der Waals surface area (Å²) in [7, 11) is 1.53. The first-order valence-corrected chi connectivity index (χ1v) is 4.29. The van der Waals surface area contributed by atoms with Gasteiger partial charge in [0.2, 0.25) is 0 Å². The molecule has 4 nitrogen and oxygen atoms in total. The summed E-state index contributed by atoms with van der Waals surface area (Å²) in [5.74, 6) is -0.325. The number of rotatable bonds is 3. The third-order valence-corrected chi connectivity index (χ3v) is 1.72. The maximum absolute atomic E-state index is 11.2.